The number of anilines is 1. The number of carboxylic acid groups (broad SMARTS) is 1. The molecule has 6 nitrogen and oxygen atoms in total. The van der Waals surface area contributed by atoms with Crippen LogP contribution in [0.3, 0.4) is 0 Å². The molecule has 6 heteroatoms. The van der Waals surface area contributed by atoms with E-state index >= 15 is 0 Å². The maximum atomic E-state index is 11.2. The first-order chi connectivity index (χ1) is 8.75. The van der Waals surface area contributed by atoms with E-state index in [0.717, 1.165) is 18.9 Å². The van der Waals surface area contributed by atoms with Crippen LogP contribution in [0.1, 0.15) is 16.2 Å². The summed E-state index contributed by atoms with van der Waals surface area (Å²) in [6.07, 6.45) is 6.71. The lowest BCUT2D eigenvalue weighted by Gasteiger charge is -2.30. The van der Waals surface area contributed by atoms with Gasteiger partial charge in [-0.15, -0.1) is 0 Å². The molecule has 1 N–H and O–H groups in total. The molecule has 0 unspecified atom stereocenters. The third-order valence-corrected chi connectivity index (χ3v) is 3.11. The van der Waals surface area contributed by atoms with Crippen molar-refractivity contribution in [1.82, 2.24) is 14.5 Å². The van der Waals surface area contributed by atoms with Gasteiger partial charge in [-0.05, 0) is 6.07 Å². The Morgan fingerprint density at radius 3 is 3.06 bits per heavy atom. The number of fused-ring (bicyclic) bond motifs is 1. The summed E-state index contributed by atoms with van der Waals surface area (Å²) < 4.78 is 2.08. The Morgan fingerprint density at radius 1 is 1.33 bits per heavy atom. The van der Waals surface area contributed by atoms with Crippen LogP contribution >= 0.6 is 0 Å². The largest absolute Gasteiger partial charge is 0.478 e. The second-order valence-electron chi connectivity index (χ2n) is 4.16. The van der Waals surface area contributed by atoms with Gasteiger partial charge < -0.3 is 14.6 Å². The van der Waals surface area contributed by atoms with E-state index in [0.29, 0.717) is 12.2 Å². The molecule has 0 spiro atoms. The summed E-state index contributed by atoms with van der Waals surface area (Å²) >= 11 is 0. The Balaban J connectivity index is 1.95. The highest BCUT2D eigenvalue weighted by atomic mass is 16.4. The van der Waals surface area contributed by atoms with Gasteiger partial charge in [-0.2, -0.15) is 0 Å². The van der Waals surface area contributed by atoms with Crippen molar-refractivity contribution in [2.45, 2.75) is 13.1 Å². The minimum Gasteiger partial charge on any atom is -0.478 e. The van der Waals surface area contributed by atoms with Crippen LogP contribution in [0.15, 0.2) is 30.9 Å². The zero-order chi connectivity index (χ0) is 12.5. The molecule has 0 radical (unpaired) electrons. The molecular formula is C12H12N4O2. The maximum absolute atomic E-state index is 11.2. The highest BCUT2D eigenvalue weighted by Gasteiger charge is 2.21. The topological polar surface area (TPSA) is 71.2 Å². The lowest BCUT2D eigenvalue weighted by atomic mass is 10.2. The van der Waals surface area contributed by atoms with E-state index in [1.807, 2.05) is 11.1 Å². The standard InChI is InChI=1S/C12H12N4O2/c17-12(18)9-7-13-2-1-10(9)16-6-5-15-4-3-14-11(15)8-16/h1-4,7H,5-6,8H2,(H,17,18). The molecule has 92 valence electrons. The zero-order valence-corrected chi connectivity index (χ0v) is 9.65. The summed E-state index contributed by atoms with van der Waals surface area (Å²) in [6.45, 7) is 2.21. The summed E-state index contributed by atoms with van der Waals surface area (Å²) in [6, 6.07) is 1.74. The van der Waals surface area contributed by atoms with E-state index < -0.39 is 5.97 Å². The predicted molar refractivity (Wildman–Crippen MR) is 64.5 cm³/mol. The fraction of sp³-hybridized carbons (Fsp3) is 0.250. The minimum atomic E-state index is -0.952. The monoisotopic (exact) mass is 244 g/mol. The van der Waals surface area contributed by atoms with Crippen molar-refractivity contribution in [3.05, 3.63) is 42.2 Å². The van der Waals surface area contributed by atoms with Crippen LogP contribution in [-0.4, -0.2) is 32.2 Å². The van der Waals surface area contributed by atoms with Crippen molar-refractivity contribution in [2.24, 2.45) is 0 Å². The summed E-state index contributed by atoms with van der Waals surface area (Å²) in [7, 11) is 0. The van der Waals surface area contributed by atoms with E-state index in [1.165, 1.54) is 6.20 Å². The summed E-state index contributed by atoms with van der Waals surface area (Å²) in [5, 5.41) is 9.16. The third-order valence-electron chi connectivity index (χ3n) is 3.11. The van der Waals surface area contributed by atoms with Gasteiger partial charge in [-0.25, -0.2) is 9.78 Å². The molecule has 0 bridgehead atoms. The van der Waals surface area contributed by atoms with Crippen LogP contribution in [0.5, 0.6) is 0 Å². The van der Waals surface area contributed by atoms with Gasteiger partial charge in [0.05, 0.1) is 12.2 Å². The van der Waals surface area contributed by atoms with Crippen molar-refractivity contribution >= 4 is 11.7 Å². The van der Waals surface area contributed by atoms with Crippen LogP contribution in [0.4, 0.5) is 5.69 Å². The number of nitrogens with zero attached hydrogens (tertiary/aromatic N) is 4. The molecule has 0 saturated carbocycles. The van der Waals surface area contributed by atoms with Crippen molar-refractivity contribution in [3.8, 4) is 0 Å². The Bertz CT molecular complexity index is 593. The number of imidazole rings is 1. The molecule has 0 atom stereocenters. The molecule has 18 heavy (non-hydrogen) atoms. The van der Waals surface area contributed by atoms with Gasteiger partial charge >= 0.3 is 5.97 Å². The summed E-state index contributed by atoms with van der Waals surface area (Å²) in [4.78, 5) is 21.3. The number of aromatic nitrogens is 3. The highest BCUT2D eigenvalue weighted by Crippen LogP contribution is 2.23. The van der Waals surface area contributed by atoms with Crippen LogP contribution in [0.2, 0.25) is 0 Å². The Labute approximate surface area is 104 Å². The number of pyridine rings is 1. The molecular weight excluding hydrogens is 232 g/mol. The smallest absolute Gasteiger partial charge is 0.339 e. The SMILES string of the molecule is O=C(O)c1cnccc1N1CCn2ccnc2C1. The number of rotatable bonds is 2. The second kappa shape index (κ2) is 4.14. The van der Waals surface area contributed by atoms with Gasteiger partial charge in [0.15, 0.2) is 0 Å². The van der Waals surface area contributed by atoms with Crippen molar-refractivity contribution in [2.75, 3.05) is 11.4 Å². The molecule has 0 amide bonds. The predicted octanol–water partition coefficient (Wildman–Crippen LogP) is 0.996. The Morgan fingerprint density at radius 2 is 2.22 bits per heavy atom. The number of hydrogen-bond donors (Lipinski definition) is 1. The lowest BCUT2D eigenvalue weighted by Crippen LogP contribution is -2.34. The average molecular weight is 244 g/mol. The molecule has 1 aliphatic rings. The average Bonchev–Trinajstić information content (AvgIpc) is 2.85. The van der Waals surface area contributed by atoms with E-state index in [2.05, 4.69) is 14.5 Å². The fourth-order valence-electron chi connectivity index (χ4n) is 2.21. The third kappa shape index (κ3) is 1.71. The number of hydrogen-bond acceptors (Lipinski definition) is 4. The maximum Gasteiger partial charge on any atom is 0.339 e. The van der Waals surface area contributed by atoms with Crippen molar-refractivity contribution in [3.63, 3.8) is 0 Å². The van der Waals surface area contributed by atoms with Gasteiger partial charge in [0.25, 0.3) is 0 Å². The molecule has 2 aromatic heterocycles. The minimum absolute atomic E-state index is 0.234. The molecule has 3 rings (SSSR count). The summed E-state index contributed by atoms with van der Waals surface area (Å²) in [5.74, 6) is 0.00131. The molecule has 0 aromatic carbocycles. The van der Waals surface area contributed by atoms with E-state index in [-0.39, 0.29) is 5.56 Å². The molecule has 1 aliphatic heterocycles. The Kier molecular flexibility index (Phi) is 2.47. The summed E-state index contributed by atoms with van der Waals surface area (Å²) in [5.41, 5.74) is 0.934. The quantitative estimate of drug-likeness (QED) is 0.853. The number of carboxylic acids is 1. The van der Waals surface area contributed by atoms with Gasteiger partial charge in [-0.1, -0.05) is 0 Å². The van der Waals surface area contributed by atoms with Crippen LogP contribution in [0, 0.1) is 0 Å². The molecule has 0 aliphatic carbocycles. The first-order valence-electron chi connectivity index (χ1n) is 5.68. The van der Waals surface area contributed by atoms with E-state index in [9.17, 15) is 4.79 Å². The van der Waals surface area contributed by atoms with E-state index in [1.54, 1.807) is 18.5 Å². The molecule has 3 heterocycles. The Hall–Kier alpha value is -2.37. The number of carbonyl (C=O) groups is 1. The zero-order valence-electron chi connectivity index (χ0n) is 9.65. The van der Waals surface area contributed by atoms with E-state index in [4.69, 9.17) is 5.11 Å². The van der Waals surface area contributed by atoms with Gasteiger partial charge in [0.1, 0.15) is 11.4 Å². The first-order valence-corrected chi connectivity index (χ1v) is 5.68. The van der Waals surface area contributed by atoms with Crippen LogP contribution < -0.4 is 4.90 Å². The van der Waals surface area contributed by atoms with Crippen molar-refractivity contribution < 1.29 is 9.90 Å². The molecule has 2 aromatic rings. The van der Waals surface area contributed by atoms with Gasteiger partial charge in [0, 0.05) is 37.9 Å². The van der Waals surface area contributed by atoms with Crippen LogP contribution in [-0.2, 0) is 13.1 Å². The number of aromatic carboxylic acids is 1. The highest BCUT2D eigenvalue weighted by molar-refractivity contribution is 5.94. The normalized spacial score (nSPS) is 14.3. The molecule has 0 saturated heterocycles. The molecule has 0 fully saturated rings. The van der Waals surface area contributed by atoms with Crippen LogP contribution in [0.25, 0.3) is 0 Å². The van der Waals surface area contributed by atoms with Gasteiger partial charge in [0.2, 0.25) is 0 Å². The lowest BCUT2D eigenvalue weighted by molar-refractivity contribution is 0.0697. The van der Waals surface area contributed by atoms with Crippen molar-refractivity contribution in [1.29, 1.82) is 0 Å². The van der Waals surface area contributed by atoms with Gasteiger partial charge in [-0.3, -0.25) is 4.98 Å². The fourth-order valence-corrected chi connectivity index (χ4v) is 2.21. The first kappa shape index (κ1) is 10.8. The second-order valence-corrected chi connectivity index (χ2v) is 4.16.